The van der Waals surface area contributed by atoms with Crippen LogP contribution in [0.2, 0.25) is 0 Å². The smallest absolute Gasteiger partial charge is 0.134 e. The maximum atomic E-state index is 5.89. The monoisotopic (exact) mass is 333 g/mol. The normalized spacial score (nSPS) is 14.6. The molecule has 0 bridgehead atoms. The van der Waals surface area contributed by atoms with Crippen molar-refractivity contribution in [3.63, 3.8) is 0 Å². The molecule has 4 heteroatoms. The van der Waals surface area contributed by atoms with E-state index >= 15 is 0 Å². The molecule has 2 aromatic heterocycles. The fraction of sp³-hybridized carbons (Fsp3) is 0.250. The van der Waals surface area contributed by atoms with Crippen LogP contribution in [0.3, 0.4) is 0 Å². The lowest BCUT2D eigenvalue weighted by atomic mass is 10.1. The first-order valence-electron chi connectivity index (χ1n) is 6.62. The molecule has 0 spiro atoms. The first kappa shape index (κ1) is 13.5. The topological polar surface area (TPSA) is 38.3 Å². The van der Waals surface area contributed by atoms with Crippen LogP contribution < -0.4 is 5.32 Å². The molecule has 20 heavy (non-hydrogen) atoms. The zero-order chi connectivity index (χ0) is 14.1. The second-order valence-corrected chi connectivity index (χ2v) is 5.87. The second kappa shape index (κ2) is 5.46. The summed E-state index contributed by atoms with van der Waals surface area (Å²) in [6, 6.07) is 12.2. The Kier molecular flexibility index (Phi) is 3.68. The van der Waals surface area contributed by atoms with E-state index in [1.807, 2.05) is 24.3 Å². The number of nitrogens with one attached hydrogen (secondary N) is 1. The zero-order valence-electron chi connectivity index (χ0n) is 11.4. The molecule has 0 fully saturated rings. The highest BCUT2D eigenvalue weighted by molar-refractivity contribution is 9.10. The van der Waals surface area contributed by atoms with E-state index in [9.17, 15) is 0 Å². The molecular formula is C16H16BrNO2. The number of furan rings is 2. The van der Waals surface area contributed by atoms with Crippen molar-refractivity contribution >= 4 is 26.9 Å². The lowest BCUT2D eigenvalue weighted by Crippen LogP contribution is -2.21. The number of hydrogen-bond acceptors (Lipinski definition) is 3. The molecule has 2 atom stereocenters. The van der Waals surface area contributed by atoms with Crippen LogP contribution in [0.5, 0.6) is 0 Å². The average Bonchev–Trinajstić information content (AvgIpc) is 3.07. The Labute approximate surface area is 126 Å². The third-order valence-electron chi connectivity index (χ3n) is 3.39. The van der Waals surface area contributed by atoms with E-state index in [0.717, 1.165) is 27.0 Å². The van der Waals surface area contributed by atoms with Crippen molar-refractivity contribution in [1.29, 1.82) is 0 Å². The third-order valence-corrected chi connectivity index (χ3v) is 3.89. The zero-order valence-corrected chi connectivity index (χ0v) is 13.0. The van der Waals surface area contributed by atoms with Gasteiger partial charge in [-0.1, -0.05) is 15.9 Å². The van der Waals surface area contributed by atoms with Gasteiger partial charge in [0.1, 0.15) is 17.1 Å². The Morgan fingerprint density at radius 2 is 1.85 bits per heavy atom. The first-order chi connectivity index (χ1) is 9.63. The van der Waals surface area contributed by atoms with E-state index in [1.54, 1.807) is 6.26 Å². The third kappa shape index (κ3) is 2.67. The van der Waals surface area contributed by atoms with Gasteiger partial charge in [0.25, 0.3) is 0 Å². The lowest BCUT2D eigenvalue weighted by molar-refractivity contribution is 0.373. The lowest BCUT2D eigenvalue weighted by Gasteiger charge is -2.16. The van der Waals surface area contributed by atoms with E-state index in [0.29, 0.717) is 0 Å². The van der Waals surface area contributed by atoms with E-state index < -0.39 is 0 Å². The van der Waals surface area contributed by atoms with E-state index in [2.05, 4.69) is 47.2 Å². The van der Waals surface area contributed by atoms with Crippen LogP contribution in [-0.4, -0.2) is 0 Å². The van der Waals surface area contributed by atoms with Gasteiger partial charge in [-0.05, 0) is 50.2 Å². The standard InChI is InChI=1S/C16H16BrNO2/c1-10(14-4-3-7-19-14)18-11(2)16-9-12-8-13(17)5-6-15(12)20-16/h3-11,18H,1-2H3/t10-,11?/m1/s1. The highest BCUT2D eigenvalue weighted by Gasteiger charge is 2.16. The molecule has 0 radical (unpaired) electrons. The van der Waals surface area contributed by atoms with Gasteiger partial charge in [-0.25, -0.2) is 0 Å². The number of halogens is 1. The van der Waals surface area contributed by atoms with Crippen LogP contribution in [0, 0.1) is 0 Å². The molecule has 3 rings (SSSR count). The van der Waals surface area contributed by atoms with E-state index in [4.69, 9.17) is 8.83 Å². The molecule has 0 aliphatic carbocycles. The molecule has 0 aliphatic rings. The van der Waals surface area contributed by atoms with Crippen molar-refractivity contribution in [1.82, 2.24) is 5.32 Å². The van der Waals surface area contributed by atoms with Crippen molar-refractivity contribution in [2.75, 3.05) is 0 Å². The highest BCUT2D eigenvalue weighted by Crippen LogP contribution is 2.28. The van der Waals surface area contributed by atoms with Gasteiger partial charge in [0, 0.05) is 9.86 Å². The van der Waals surface area contributed by atoms with Gasteiger partial charge in [0.05, 0.1) is 18.3 Å². The molecule has 0 saturated carbocycles. The number of benzene rings is 1. The summed E-state index contributed by atoms with van der Waals surface area (Å²) in [6.07, 6.45) is 1.69. The minimum atomic E-state index is 0.112. The van der Waals surface area contributed by atoms with Gasteiger partial charge in [-0.2, -0.15) is 0 Å². The van der Waals surface area contributed by atoms with Crippen LogP contribution in [0.25, 0.3) is 11.0 Å². The van der Waals surface area contributed by atoms with Crippen LogP contribution >= 0.6 is 15.9 Å². The summed E-state index contributed by atoms with van der Waals surface area (Å²) in [5, 5.41) is 4.58. The molecule has 104 valence electrons. The Hall–Kier alpha value is -1.52. The Balaban J connectivity index is 1.80. The summed E-state index contributed by atoms with van der Waals surface area (Å²) in [5.74, 6) is 1.85. The Bertz CT molecular complexity index is 702. The van der Waals surface area contributed by atoms with Crippen molar-refractivity contribution in [3.05, 3.63) is 58.7 Å². The summed E-state index contributed by atoms with van der Waals surface area (Å²) < 4.78 is 12.4. The molecule has 0 aliphatic heterocycles. The van der Waals surface area contributed by atoms with Crippen LogP contribution in [0.1, 0.15) is 37.5 Å². The van der Waals surface area contributed by atoms with E-state index in [1.165, 1.54) is 0 Å². The summed E-state index contributed by atoms with van der Waals surface area (Å²) >= 11 is 3.48. The molecular weight excluding hydrogens is 318 g/mol. The summed E-state index contributed by atoms with van der Waals surface area (Å²) in [5.41, 5.74) is 0.905. The predicted octanol–water partition coefficient (Wildman–Crippen LogP) is 5.20. The minimum Gasteiger partial charge on any atom is -0.468 e. The summed E-state index contributed by atoms with van der Waals surface area (Å²) in [4.78, 5) is 0. The van der Waals surface area contributed by atoms with Crippen molar-refractivity contribution in [3.8, 4) is 0 Å². The molecule has 3 aromatic rings. The van der Waals surface area contributed by atoms with Gasteiger partial charge in [-0.15, -0.1) is 0 Å². The molecule has 1 N–H and O–H groups in total. The number of fused-ring (bicyclic) bond motifs is 1. The first-order valence-corrected chi connectivity index (χ1v) is 7.41. The summed E-state index contributed by atoms with van der Waals surface area (Å²) in [7, 11) is 0. The van der Waals surface area contributed by atoms with Crippen molar-refractivity contribution < 1.29 is 8.83 Å². The SMILES string of the molecule is CC(N[C@H](C)c1ccco1)c1cc2cc(Br)ccc2o1. The average molecular weight is 334 g/mol. The largest absolute Gasteiger partial charge is 0.468 e. The molecule has 1 aromatic carbocycles. The van der Waals surface area contributed by atoms with Gasteiger partial charge in [0.2, 0.25) is 0 Å². The maximum Gasteiger partial charge on any atom is 0.134 e. The molecule has 0 amide bonds. The van der Waals surface area contributed by atoms with Gasteiger partial charge < -0.3 is 8.83 Å². The van der Waals surface area contributed by atoms with Crippen LogP contribution in [-0.2, 0) is 0 Å². The highest BCUT2D eigenvalue weighted by atomic mass is 79.9. The van der Waals surface area contributed by atoms with Gasteiger partial charge in [0.15, 0.2) is 0 Å². The number of hydrogen-bond donors (Lipinski definition) is 1. The quantitative estimate of drug-likeness (QED) is 0.713. The van der Waals surface area contributed by atoms with Crippen LogP contribution in [0.15, 0.2) is 56.0 Å². The van der Waals surface area contributed by atoms with Crippen molar-refractivity contribution in [2.45, 2.75) is 25.9 Å². The van der Waals surface area contributed by atoms with E-state index in [-0.39, 0.29) is 12.1 Å². The molecule has 1 unspecified atom stereocenters. The second-order valence-electron chi connectivity index (χ2n) is 4.96. The molecule has 3 nitrogen and oxygen atoms in total. The Morgan fingerprint density at radius 3 is 2.60 bits per heavy atom. The summed E-state index contributed by atoms with van der Waals surface area (Å²) in [6.45, 7) is 4.17. The van der Waals surface area contributed by atoms with Crippen molar-refractivity contribution in [2.24, 2.45) is 0 Å². The fourth-order valence-corrected chi connectivity index (χ4v) is 2.70. The fourth-order valence-electron chi connectivity index (χ4n) is 2.33. The van der Waals surface area contributed by atoms with Gasteiger partial charge >= 0.3 is 0 Å². The molecule has 0 saturated heterocycles. The Morgan fingerprint density at radius 1 is 1.05 bits per heavy atom. The maximum absolute atomic E-state index is 5.89. The minimum absolute atomic E-state index is 0.112. The van der Waals surface area contributed by atoms with Gasteiger partial charge in [-0.3, -0.25) is 5.32 Å². The molecule has 2 heterocycles. The number of rotatable bonds is 4. The van der Waals surface area contributed by atoms with Crippen LogP contribution in [0.4, 0.5) is 0 Å². The predicted molar refractivity (Wildman–Crippen MR) is 82.6 cm³/mol.